The fourth-order valence-electron chi connectivity index (χ4n) is 2.04. The van der Waals surface area contributed by atoms with Crippen molar-refractivity contribution in [3.05, 3.63) is 0 Å². The van der Waals surface area contributed by atoms with E-state index >= 15 is 0 Å². The van der Waals surface area contributed by atoms with Gasteiger partial charge >= 0.3 is 0 Å². The summed E-state index contributed by atoms with van der Waals surface area (Å²) in [6.07, 6.45) is 1.23. The Bertz CT molecular complexity index is 153. The standard InChI is InChI=1S/C9H19NO2.C2H6.CH4/c1-9(7-11)6-10(2)5-4-8(9)12-3;1-2;/h8,11H,4-7H2,1-3H3;1-2H3;1H4/t8?,9-;;/m0../s1. The highest BCUT2D eigenvalue weighted by Gasteiger charge is 2.38. The summed E-state index contributed by atoms with van der Waals surface area (Å²) in [5, 5.41) is 9.26. The molecule has 2 atom stereocenters. The minimum atomic E-state index is -0.0816. The molecular weight excluding hydrogens is 190 g/mol. The molecule has 0 aromatic heterocycles. The lowest BCUT2D eigenvalue weighted by molar-refractivity contribution is -0.0790. The van der Waals surface area contributed by atoms with E-state index in [1.807, 2.05) is 13.8 Å². The second-order valence-corrected chi connectivity index (χ2v) is 4.06. The van der Waals surface area contributed by atoms with Gasteiger partial charge in [0.15, 0.2) is 0 Å². The number of ether oxygens (including phenoxy) is 1. The summed E-state index contributed by atoms with van der Waals surface area (Å²) >= 11 is 0. The molecule has 0 saturated carbocycles. The summed E-state index contributed by atoms with van der Waals surface area (Å²) in [5.41, 5.74) is -0.0816. The van der Waals surface area contributed by atoms with Crippen molar-refractivity contribution in [3.63, 3.8) is 0 Å². The third kappa shape index (κ3) is 4.49. The third-order valence-electron chi connectivity index (χ3n) is 2.83. The molecule has 1 unspecified atom stereocenters. The molecule has 1 aliphatic heterocycles. The smallest absolute Gasteiger partial charge is 0.0671 e. The molecule has 0 bridgehead atoms. The average Bonchev–Trinajstić information content (AvgIpc) is 2.21. The van der Waals surface area contributed by atoms with Gasteiger partial charge in [-0.15, -0.1) is 0 Å². The van der Waals surface area contributed by atoms with Crippen molar-refractivity contribution in [1.82, 2.24) is 4.90 Å². The Morgan fingerprint density at radius 3 is 2.40 bits per heavy atom. The molecule has 0 aromatic rings. The number of rotatable bonds is 2. The van der Waals surface area contributed by atoms with Gasteiger partial charge in [0, 0.05) is 25.6 Å². The van der Waals surface area contributed by atoms with Crippen LogP contribution in [0, 0.1) is 5.41 Å². The van der Waals surface area contributed by atoms with Crippen LogP contribution >= 0.6 is 0 Å². The van der Waals surface area contributed by atoms with Gasteiger partial charge in [0.2, 0.25) is 0 Å². The minimum absolute atomic E-state index is 0. The monoisotopic (exact) mass is 219 g/mol. The number of likely N-dealkylation sites (tertiary alicyclic amines) is 1. The number of aliphatic hydroxyl groups is 1. The molecule has 3 heteroatoms. The van der Waals surface area contributed by atoms with E-state index in [-0.39, 0.29) is 25.6 Å². The highest BCUT2D eigenvalue weighted by Crippen LogP contribution is 2.30. The van der Waals surface area contributed by atoms with E-state index in [9.17, 15) is 5.11 Å². The number of nitrogens with zero attached hydrogens (tertiary/aromatic N) is 1. The minimum Gasteiger partial charge on any atom is -0.396 e. The molecule has 0 radical (unpaired) electrons. The molecular formula is C12H29NO2. The van der Waals surface area contributed by atoms with Crippen LogP contribution in [0.25, 0.3) is 0 Å². The molecule has 0 spiro atoms. The van der Waals surface area contributed by atoms with Crippen molar-refractivity contribution in [2.75, 3.05) is 33.9 Å². The zero-order valence-electron chi connectivity index (χ0n) is 10.2. The normalized spacial score (nSPS) is 31.2. The number of aliphatic hydroxyl groups excluding tert-OH is 1. The van der Waals surface area contributed by atoms with Crippen molar-refractivity contribution in [1.29, 1.82) is 0 Å². The fraction of sp³-hybridized carbons (Fsp3) is 1.00. The van der Waals surface area contributed by atoms with Crippen LogP contribution in [0.5, 0.6) is 0 Å². The largest absolute Gasteiger partial charge is 0.396 e. The molecule has 0 aromatic carbocycles. The highest BCUT2D eigenvalue weighted by atomic mass is 16.5. The van der Waals surface area contributed by atoms with E-state index < -0.39 is 0 Å². The molecule has 1 aliphatic rings. The number of methoxy groups -OCH3 is 1. The van der Waals surface area contributed by atoms with E-state index in [2.05, 4.69) is 18.9 Å². The van der Waals surface area contributed by atoms with Gasteiger partial charge in [-0.05, 0) is 13.5 Å². The van der Waals surface area contributed by atoms with Crippen molar-refractivity contribution >= 4 is 0 Å². The Balaban J connectivity index is 0. The van der Waals surface area contributed by atoms with Gasteiger partial charge in [0.05, 0.1) is 12.7 Å². The van der Waals surface area contributed by atoms with Crippen molar-refractivity contribution in [2.45, 2.75) is 40.7 Å². The summed E-state index contributed by atoms with van der Waals surface area (Å²) in [7, 11) is 3.81. The van der Waals surface area contributed by atoms with Crippen molar-refractivity contribution in [3.8, 4) is 0 Å². The van der Waals surface area contributed by atoms with E-state index in [0.29, 0.717) is 0 Å². The first-order valence-electron chi connectivity index (χ1n) is 5.44. The van der Waals surface area contributed by atoms with Gasteiger partial charge in [0.25, 0.3) is 0 Å². The van der Waals surface area contributed by atoms with Crippen LogP contribution in [0.1, 0.15) is 34.6 Å². The van der Waals surface area contributed by atoms with E-state index in [4.69, 9.17) is 4.74 Å². The Hall–Kier alpha value is -0.120. The molecule has 1 rings (SSSR count). The maximum atomic E-state index is 9.26. The Morgan fingerprint density at radius 1 is 1.47 bits per heavy atom. The Morgan fingerprint density at radius 2 is 2.00 bits per heavy atom. The van der Waals surface area contributed by atoms with Crippen LogP contribution in [0.4, 0.5) is 0 Å². The molecule has 0 amide bonds. The zero-order valence-corrected chi connectivity index (χ0v) is 10.2. The van der Waals surface area contributed by atoms with Gasteiger partial charge in [-0.25, -0.2) is 0 Å². The average molecular weight is 219 g/mol. The first-order chi connectivity index (χ1) is 6.62. The Kier molecular flexibility index (Phi) is 9.31. The van der Waals surface area contributed by atoms with E-state index in [1.54, 1.807) is 7.11 Å². The molecule has 1 saturated heterocycles. The summed E-state index contributed by atoms with van der Waals surface area (Å²) < 4.78 is 5.36. The van der Waals surface area contributed by atoms with Gasteiger partial charge in [-0.3, -0.25) is 0 Å². The topological polar surface area (TPSA) is 32.7 Å². The molecule has 3 nitrogen and oxygen atoms in total. The van der Waals surface area contributed by atoms with Crippen LogP contribution in [-0.4, -0.2) is 50.0 Å². The van der Waals surface area contributed by atoms with Crippen LogP contribution in [-0.2, 0) is 4.74 Å². The maximum Gasteiger partial charge on any atom is 0.0671 e. The van der Waals surface area contributed by atoms with Gasteiger partial charge in [-0.1, -0.05) is 28.2 Å². The first kappa shape index (κ1) is 17.3. The zero-order chi connectivity index (χ0) is 11.2. The van der Waals surface area contributed by atoms with E-state index in [1.165, 1.54) is 0 Å². The number of hydrogen-bond acceptors (Lipinski definition) is 3. The van der Waals surface area contributed by atoms with Crippen LogP contribution in [0.3, 0.4) is 0 Å². The summed E-state index contributed by atoms with van der Waals surface area (Å²) in [5.74, 6) is 0. The predicted molar refractivity (Wildman–Crippen MR) is 66.2 cm³/mol. The third-order valence-corrected chi connectivity index (χ3v) is 2.83. The predicted octanol–water partition coefficient (Wildman–Crippen LogP) is 2.00. The lowest BCUT2D eigenvalue weighted by atomic mass is 9.80. The first-order valence-corrected chi connectivity index (χ1v) is 5.44. The number of hydrogen-bond donors (Lipinski definition) is 1. The summed E-state index contributed by atoms with van der Waals surface area (Å²) in [6.45, 7) is 8.27. The quantitative estimate of drug-likeness (QED) is 0.771. The molecule has 0 aliphatic carbocycles. The summed E-state index contributed by atoms with van der Waals surface area (Å²) in [6, 6.07) is 0. The van der Waals surface area contributed by atoms with Gasteiger partial charge in [-0.2, -0.15) is 0 Å². The molecule has 1 heterocycles. The lowest BCUT2D eigenvalue weighted by Crippen LogP contribution is -2.51. The molecule has 1 N–H and O–H groups in total. The second kappa shape index (κ2) is 8.08. The van der Waals surface area contributed by atoms with Gasteiger partial charge in [0.1, 0.15) is 0 Å². The SMILES string of the molecule is C.CC.COC1CCN(C)C[C@@]1(C)CO. The molecule has 94 valence electrons. The molecule has 1 fully saturated rings. The molecule has 15 heavy (non-hydrogen) atoms. The fourth-order valence-corrected chi connectivity index (χ4v) is 2.04. The lowest BCUT2D eigenvalue weighted by Gasteiger charge is -2.43. The summed E-state index contributed by atoms with van der Waals surface area (Å²) in [4.78, 5) is 2.24. The van der Waals surface area contributed by atoms with Crippen LogP contribution < -0.4 is 0 Å². The van der Waals surface area contributed by atoms with Crippen LogP contribution in [0.15, 0.2) is 0 Å². The van der Waals surface area contributed by atoms with Crippen molar-refractivity contribution < 1.29 is 9.84 Å². The van der Waals surface area contributed by atoms with E-state index in [0.717, 1.165) is 19.5 Å². The van der Waals surface area contributed by atoms with Gasteiger partial charge < -0.3 is 14.7 Å². The second-order valence-electron chi connectivity index (χ2n) is 4.06. The van der Waals surface area contributed by atoms with Crippen molar-refractivity contribution in [2.24, 2.45) is 5.41 Å². The maximum absolute atomic E-state index is 9.26. The highest BCUT2D eigenvalue weighted by molar-refractivity contribution is 4.89. The van der Waals surface area contributed by atoms with Crippen LogP contribution in [0.2, 0.25) is 0 Å². The number of piperidine rings is 1. The Labute approximate surface area is 95.4 Å².